The van der Waals surface area contributed by atoms with Crippen molar-refractivity contribution < 1.29 is 19.4 Å². The molecule has 17 heavy (non-hydrogen) atoms. The van der Waals surface area contributed by atoms with Gasteiger partial charge in [0.2, 0.25) is 0 Å². The molecule has 0 spiro atoms. The maximum Gasteiger partial charge on any atom is 0.410 e. The van der Waals surface area contributed by atoms with Gasteiger partial charge in [-0.25, -0.2) is 4.79 Å². The molecule has 6 heteroatoms. The Bertz CT molecular complexity index is 374. The summed E-state index contributed by atoms with van der Waals surface area (Å²) in [6, 6.07) is 1.79. The largest absolute Gasteiger partial charge is 0.480 e. The Kier molecular flexibility index (Phi) is 4.10. The highest BCUT2D eigenvalue weighted by molar-refractivity contribution is 5.80. The zero-order chi connectivity index (χ0) is 12.9. The van der Waals surface area contributed by atoms with Crippen molar-refractivity contribution in [2.75, 3.05) is 19.7 Å². The number of carboxylic acid groups (broad SMARTS) is 1. The lowest BCUT2D eigenvalue weighted by atomic mass is 9.81. The monoisotopic (exact) mass is 238 g/mol. The van der Waals surface area contributed by atoms with Gasteiger partial charge in [-0.15, -0.1) is 0 Å². The summed E-state index contributed by atoms with van der Waals surface area (Å²) in [6.07, 6.45) is 1.55. The molecule has 1 aliphatic rings. The van der Waals surface area contributed by atoms with Gasteiger partial charge in [-0.2, -0.15) is 5.26 Å². The standard InChI is InChI=1S/C11H14N2O4/c1-2-6-17-10(16)13-5-3-4-11(7-12,8-13)9(14)15/h2H,1,3-6,8H2,(H,14,15). The van der Waals surface area contributed by atoms with Crippen molar-refractivity contribution in [1.82, 2.24) is 4.90 Å². The van der Waals surface area contributed by atoms with E-state index in [-0.39, 0.29) is 19.6 Å². The smallest absolute Gasteiger partial charge is 0.410 e. The maximum atomic E-state index is 11.5. The fourth-order valence-electron chi connectivity index (χ4n) is 1.75. The van der Waals surface area contributed by atoms with Crippen molar-refractivity contribution >= 4 is 12.1 Å². The predicted octanol–water partition coefficient (Wildman–Crippen LogP) is 0.999. The van der Waals surface area contributed by atoms with E-state index in [4.69, 9.17) is 15.1 Å². The number of hydrogen-bond acceptors (Lipinski definition) is 4. The van der Waals surface area contributed by atoms with E-state index in [1.54, 1.807) is 6.07 Å². The van der Waals surface area contributed by atoms with Crippen LogP contribution in [-0.4, -0.2) is 41.8 Å². The SMILES string of the molecule is C=CCOC(=O)N1CCCC(C#N)(C(=O)O)C1. The summed E-state index contributed by atoms with van der Waals surface area (Å²) < 4.78 is 4.81. The quantitative estimate of drug-likeness (QED) is 0.740. The third-order valence-corrected chi connectivity index (χ3v) is 2.70. The van der Waals surface area contributed by atoms with Crippen LogP contribution in [0.25, 0.3) is 0 Å². The van der Waals surface area contributed by atoms with E-state index in [0.29, 0.717) is 13.0 Å². The number of rotatable bonds is 3. The number of piperidine rings is 1. The first kappa shape index (κ1) is 13.0. The molecule has 0 aromatic carbocycles. The van der Waals surface area contributed by atoms with Crippen molar-refractivity contribution in [3.8, 4) is 6.07 Å². The maximum absolute atomic E-state index is 11.5. The van der Waals surface area contributed by atoms with Gasteiger partial charge in [0.1, 0.15) is 6.61 Å². The number of likely N-dealkylation sites (tertiary alicyclic amines) is 1. The number of aliphatic carboxylic acids is 1. The molecule has 1 N–H and O–H groups in total. The molecule has 1 atom stereocenters. The lowest BCUT2D eigenvalue weighted by Gasteiger charge is -2.34. The van der Waals surface area contributed by atoms with Gasteiger partial charge in [0, 0.05) is 6.54 Å². The topological polar surface area (TPSA) is 90.6 Å². The van der Waals surface area contributed by atoms with E-state index in [2.05, 4.69) is 6.58 Å². The molecule has 0 radical (unpaired) electrons. The molecule has 0 aliphatic carbocycles. The Balaban J connectivity index is 2.72. The van der Waals surface area contributed by atoms with Crippen molar-refractivity contribution in [1.29, 1.82) is 5.26 Å². The minimum atomic E-state index is -1.51. The molecule has 1 amide bonds. The Morgan fingerprint density at radius 3 is 2.88 bits per heavy atom. The van der Waals surface area contributed by atoms with Crippen molar-refractivity contribution in [3.63, 3.8) is 0 Å². The number of ether oxygens (including phenoxy) is 1. The minimum absolute atomic E-state index is 0.0714. The van der Waals surface area contributed by atoms with E-state index >= 15 is 0 Å². The van der Waals surface area contributed by atoms with Crippen LogP contribution in [0.5, 0.6) is 0 Å². The number of amides is 1. The lowest BCUT2D eigenvalue weighted by Crippen LogP contribution is -2.49. The second-order valence-electron chi connectivity index (χ2n) is 3.89. The van der Waals surface area contributed by atoms with Crippen LogP contribution in [0.2, 0.25) is 0 Å². The third kappa shape index (κ3) is 2.75. The van der Waals surface area contributed by atoms with Gasteiger partial charge in [0.25, 0.3) is 0 Å². The normalized spacial score (nSPS) is 23.6. The van der Waals surface area contributed by atoms with Crippen LogP contribution in [0.1, 0.15) is 12.8 Å². The molecule has 1 rings (SSSR count). The highest BCUT2D eigenvalue weighted by atomic mass is 16.6. The van der Waals surface area contributed by atoms with Gasteiger partial charge >= 0.3 is 12.1 Å². The number of carboxylic acids is 1. The van der Waals surface area contributed by atoms with Crippen LogP contribution < -0.4 is 0 Å². The second-order valence-corrected chi connectivity index (χ2v) is 3.89. The van der Waals surface area contributed by atoms with Crippen molar-refractivity contribution in [2.24, 2.45) is 5.41 Å². The van der Waals surface area contributed by atoms with Gasteiger partial charge in [-0.05, 0) is 12.8 Å². The summed E-state index contributed by atoms with van der Waals surface area (Å²) >= 11 is 0. The Labute approximate surface area is 99.1 Å². The third-order valence-electron chi connectivity index (χ3n) is 2.70. The molecule has 0 bridgehead atoms. The van der Waals surface area contributed by atoms with Crippen LogP contribution in [0.3, 0.4) is 0 Å². The summed E-state index contributed by atoms with van der Waals surface area (Å²) in [5.41, 5.74) is -1.51. The second kappa shape index (κ2) is 5.34. The molecule has 6 nitrogen and oxygen atoms in total. The van der Waals surface area contributed by atoms with E-state index in [9.17, 15) is 9.59 Å². The van der Waals surface area contributed by atoms with E-state index in [0.717, 1.165) is 0 Å². The molecule has 92 valence electrons. The Morgan fingerprint density at radius 1 is 1.65 bits per heavy atom. The summed E-state index contributed by atoms with van der Waals surface area (Å²) in [6.45, 7) is 3.76. The fourth-order valence-corrected chi connectivity index (χ4v) is 1.75. The number of carbonyl (C=O) groups is 2. The highest BCUT2D eigenvalue weighted by Crippen LogP contribution is 2.29. The predicted molar refractivity (Wildman–Crippen MR) is 58.0 cm³/mol. The first-order valence-corrected chi connectivity index (χ1v) is 5.23. The molecular weight excluding hydrogens is 224 g/mol. The van der Waals surface area contributed by atoms with Crippen molar-refractivity contribution in [3.05, 3.63) is 12.7 Å². The molecule has 1 fully saturated rings. The van der Waals surface area contributed by atoms with Crippen molar-refractivity contribution in [2.45, 2.75) is 12.8 Å². The molecule has 1 aliphatic heterocycles. The van der Waals surface area contributed by atoms with Crippen LogP contribution in [-0.2, 0) is 9.53 Å². The van der Waals surface area contributed by atoms with Gasteiger partial charge in [0.15, 0.2) is 5.41 Å². The lowest BCUT2D eigenvalue weighted by molar-refractivity contribution is -0.147. The first-order valence-electron chi connectivity index (χ1n) is 5.23. The molecular formula is C11H14N2O4. The zero-order valence-corrected chi connectivity index (χ0v) is 9.39. The molecule has 0 saturated carbocycles. The average molecular weight is 238 g/mol. The van der Waals surface area contributed by atoms with Gasteiger partial charge in [-0.1, -0.05) is 12.7 Å². The van der Waals surface area contributed by atoms with E-state index < -0.39 is 17.5 Å². The molecule has 0 aromatic heterocycles. The average Bonchev–Trinajstić information content (AvgIpc) is 2.35. The molecule has 1 heterocycles. The molecule has 0 aromatic rings. The summed E-state index contributed by atoms with van der Waals surface area (Å²) in [7, 11) is 0. The molecule has 1 unspecified atom stereocenters. The minimum Gasteiger partial charge on any atom is -0.480 e. The van der Waals surface area contributed by atoms with Crippen LogP contribution in [0, 0.1) is 16.7 Å². The highest BCUT2D eigenvalue weighted by Gasteiger charge is 2.44. The number of hydrogen-bond donors (Lipinski definition) is 1. The van der Waals surface area contributed by atoms with Gasteiger partial charge in [0.05, 0.1) is 12.6 Å². The number of nitrogens with zero attached hydrogens (tertiary/aromatic N) is 2. The van der Waals surface area contributed by atoms with Crippen LogP contribution in [0.15, 0.2) is 12.7 Å². The zero-order valence-electron chi connectivity index (χ0n) is 9.39. The number of nitriles is 1. The van der Waals surface area contributed by atoms with Crippen LogP contribution in [0.4, 0.5) is 4.79 Å². The Morgan fingerprint density at radius 2 is 2.35 bits per heavy atom. The first-order chi connectivity index (χ1) is 8.05. The van der Waals surface area contributed by atoms with E-state index in [1.807, 2.05) is 0 Å². The Hall–Kier alpha value is -2.03. The van der Waals surface area contributed by atoms with E-state index in [1.165, 1.54) is 11.0 Å². The number of carbonyl (C=O) groups excluding carboxylic acids is 1. The summed E-state index contributed by atoms with van der Waals surface area (Å²) in [5, 5.41) is 18.0. The van der Waals surface area contributed by atoms with Gasteiger partial charge < -0.3 is 14.7 Å². The summed E-state index contributed by atoms with van der Waals surface area (Å²) in [5.74, 6) is -1.19. The van der Waals surface area contributed by atoms with Crippen LogP contribution >= 0.6 is 0 Å². The van der Waals surface area contributed by atoms with Gasteiger partial charge in [-0.3, -0.25) is 4.79 Å². The fraction of sp³-hybridized carbons (Fsp3) is 0.545. The summed E-state index contributed by atoms with van der Waals surface area (Å²) in [4.78, 5) is 23.9. The molecule has 1 saturated heterocycles.